The average Bonchev–Trinajstić information content (AvgIpc) is 3.01. The second-order valence-corrected chi connectivity index (χ2v) is 5.94. The van der Waals surface area contributed by atoms with Crippen molar-refractivity contribution in [3.05, 3.63) is 17.0 Å². The van der Waals surface area contributed by atoms with Gasteiger partial charge in [0.15, 0.2) is 0 Å². The summed E-state index contributed by atoms with van der Waals surface area (Å²) in [6, 6.07) is 0.781. The topological polar surface area (TPSA) is 52.5 Å². The van der Waals surface area contributed by atoms with Crippen LogP contribution in [-0.4, -0.2) is 52.2 Å². The van der Waals surface area contributed by atoms with Crippen LogP contribution in [0.2, 0.25) is 5.15 Å². The Kier molecular flexibility index (Phi) is 4.38. The standard InChI is InChI=1S/C14H21ClN4O/c15-13-12(9-20)14(17-10-16-13)19-7-5-18(6-8-19)11-3-1-2-4-11/h10-11,20H,1-9H2. The molecule has 110 valence electrons. The van der Waals surface area contributed by atoms with E-state index in [0.29, 0.717) is 10.7 Å². The molecular weight excluding hydrogens is 276 g/mol. The number of aromatic nitrogens is 2. The van der Waals surface area contributed by atoms with Crippen LogP contribution in [-0.2, 0) is 6.61 Å². The minimum atomic E-state index is -0.113. The number of hydrogen-bond acceptors (Lipinski definition) is 5. The molecule has 1 N–H and O–H groups in total. The van der Waals surface area contributed by atoms with Gasteiger partial charge in [-0.2, -0.15) is 0 Å². The summed E-state index contributed by atoms with van der Waals surface area (Å²) in [7, 11) is 0. The first-order valence-corrected chi connectivity index (χ1v) is 7.76. The third-order valence-electron chi connectivity index (χ3n) is 4.48. The van der Waals surface area contributed by atoms with Crippen molar-refractivity contribution in [1.82, 2.24) is 14.9 Å². The van der Waals surface area contributed by atoms with Gasteiger partial charge in [-0.1, -0.05) is 24.4 Å². The highest BCUT2D eigenvalue weighted by Crippen LogP contribution is 2.27. The molecule has 0 bridgehead atoms. The van der Waals surface area contributed by atoms with Crippen LogP contribution >= 0.6 is 11.6 Å². The number of hydrogen-bond donors (Lipinski definition) is 1. The Hall–Kier alpha value is -0.910. The van der Waals surface area contributed by atoms with E-state index in [0.717, 1.165) is 38.0 Å². The number of piperazine rings is 1. The molecule has 2 fully saturated rings. The number of nitrogens with zero attached hydrogens (tertiary/aromatic N) is 4. The molecule has 3 rings (SSSR count). The lowest BCUT2D eigenvalue weighted by atomic mass is 10.1. The fourth-order valence-electron chi connectivity index (χ4n) is 3.36. The van der Waals surface area contributed by atoms with Crippen molar-refractivity contribution >= 4 is 17.4 Å². The predicted molar refractivity (Wildman–Crippen MR) is 79.0 cm³/mol. The van der Waals surface area contributed by atoms with Crippen molar-refractivity contribution in [3.63, 3.8) is 0 Å². The first-order chi connectivity index (χ1) is 9.79. The van der Waals surface area contributed by atoms with Crippen LogP contribution < -0.4 is 4.90 Å². The van der Waals surface area contributed by atoms with Gasteiger partial charge in [0, 0.05) is 32.2 Å². The normalized spacial score (nSPS) is 21.6. The highest BCUT2D eigenvalue weighted by molar-refractivity contribution is 6.30. The average molecular weight is 297 g/mol. The molecule has 0 spiro atoms. The lowest BCUT2D eigenvalue weighted by Gasteiger charge is -2.39. The van der Waals surface area contributed by atoms with E-state index in [1.54, 1.807) is 0 Å². The molecule has 1 aromatic rings. The van der Waals surface area contributed by atoms with E-state index >= 15 is 0 Å². The Balaban J connectivity index is 1.67. The van der Waals surface area contributed by atoms with Gasteiger partial charge in [-0.05, 0) is 12.8 Å². The molecule has 0 aromatic carbocycles. The molecule has 1 aliphatic carbocycles. The number of aliphatic hydroxyl groups excluding tert-OH is 1. The fourth-order valence-corrected chi connectivity index (χ4v) is 3.55. The van der Waals surface area contributed by atoms with Crippen LogP contribution in [0.3, 0.4) is 0 Å². The summed E-state index contributed by atoms with van der Waals surface area (Å²) in [5, 5.41) is 9.81. The second-order valence-electron chi connectivity index (χ2n) is 5.59. The Bertz CT molecular complexity index is 456. The van der Waals surface area contributed by atoms with Crippen molar-refractivity contribution in [1.29, 1.82) is 0 Å². The Morgan fingerprint density at radius 2 is 1.85 bits per heavy atom. The summed E-state index contributed by atoms with van der Waals surface area (Å²) in [4.78, 5) is 13.1. The minimum Gasteiger partial charge on any atom is -0.391 e. The summed E-state index contributed by atoms with van der Waals surface area (Å²) in [5.74, 6) is 0.790. The third kappa shape index (κ3) is 2.75. The quantitative estimate of drug-likeness (QED) is 0.860. The summed E-state index contributed by atoms with van der Waals surface area (Å²) < 4.78 is 0. The molecule has 20 heavy (non-hydrogen) atoms. The third-order valence-corrected chi connectivity index (χ3v) is 4.81. The molecule has 0 amide bonds. The van der Waals surface area contributed by atoms with Crippen LogP contribution in [0, 0.1) is 0 Å². The maximum Gasteiger partial charge on any atom is 0.140 e. The molecule has 0 atom stereocenters. The lowest BCUT2D eigenvalue weighted by molar-refractivity contribution is 0.187. The molecular formula is C14H21ClN4O. The summed E-state index contributed by atoms with van der Waals surface area (Å²) in [6.07, 6.45) is 6.92. The largest absolute Gasteiger partial charge is 0.391 e. The van der Waals surface area contributed by atoms with Gasteiger partial charge in [0.25, 0.3) is 0 Å². The van der Waals surface area contributed by atoms with Gasteiger partial charge >= 0.3 is 0 Å². The van der Waals surface area contributed by atoms with Crippen LogP contribution in [0.5, 0.6) is 0 Å². The van der Waals surface area contributed by atoms with Crippen molar-refractivity contribution in [2.45, 2.75) is 38.3 Å². The molecule has 1 aromatic heterocycles. The van der Waals surface area contributed by atoms with Gasteiger partial charge in [0.2, 0.25) is 0 Å². The molecule has 1 saturated carbocycles. The van der Waals surface area contributed by atoms with Crippen LogP contribution in [0.1, 0.15) is 31.2 Å². The maximum absolute atomic E-state index is 9.45. The second kappa shape index (κ2) is 6.24. The maximum atomic E-state index is 9.45. The molecule has 2 heterocycles. The SMILES string of the molecule is OCc1c(Cl)ncnc1N1CCN(C2CCCC2)CC1. The van der Waals surface area contributed by atoms with E-state index in [1.165, 1.54) is 32.0 Å². The first-order valence-electron chi connectivity index (χ1n) is 7.39. The van der Waals surface area contributed by atoms with Crippen LogP contribution in [0.4, 0.5) is 5.82 Å². The summed E-state index contributed by atoms with van der Waals surface area (Å²) >= 11 is 6.03. The van der Waals surface area contributed by atoms with E-state index in [2.05, 4.69) is 19.8 Å². The molecule has 1 aliphatic heterocycles. The van der Waals surface area contributed by atoms with Gasteiger partial charge < -0.3 is 10.0 Å². The van der Waals surface area contributed by atoms with Crippen molar-refractivity contribution in [2.24, 2.45) is 0 Å². The zero-order chi connectivity index (χ0) is 13.9. The van der Waals surface area contributed by atoms with E-state index in [4.69, 9.17) is 11.6 Å². The van der Waals surface area contributed by atoms with Gasteiger partial charge in [-0.15, -0.1) is 0 Å². The Morgan fingerprint density at radius 1 is 1.15 bits per heavy atom. The van der Waals surface area contributed by atoms with E-state index in [-0.39, 0.29) is 6.61 Å². The summed E-state index contributed by atoms with van der Waals surface area (Å²) in [5.41, 5.74) is 0.642. The first kappa shape index (κ1) is 14.0. The van der Waals surface area contributed by atoms with Crippen molar-refractivity contribution in [2.75, 3.05) is 31.1 Å². The molecule has 6 heteroatoms. The predicted octanol–water partition coefficient (Wildman–Crippen LogP) is 1.69. The molecule has 2 aliphatic rings. The Morgan fingerprint density at radius 3 is 2.50 bits per heavy atom. The van der Waals surface area contributed by atoms with Gasteiger partial charge in [0.1, 0.15) is 17.3 Å². The molecule has 1 saturated heterocycles. The number of aliphatic hydroxyl groups is 1. The lowest BCUT2D eigenvalue weighted by Crippen LogP contribution is -2.50. The van der Waals surface area contributed by atoms with Crippen LogP contribution in [0.25, 0.3) is 0 Å². The van der Waals surface area contributed by atoms with E-state index in [1.807, 2.05) is 0 Å². The highest BCUT2D eigenvalue weighted by Gasteiger charge is 2.27. The van der Waals surface area contributed by atoms with E-state index < -0.39 is 0 Å². The fraction of sp³-hybridized carbons (Fsp3) is 0.714. The van der Waals surface area contributed by atoms with Gasteiger partial charge in [-0.3, -0.25) is 4.90 Å². The van der Waals surface area contributed by atoms with Crippen molar-refractivity contribution in [3.8, 4) is 0 Å². The highest BCUT2D eigenvalue weighted by atomic mass is 35.5. The number of halogens is 1. The monoisotopic (exact) mass is 296 g/mol. The van der Waals surface area contributed by atoms with Gasteiger partial charge in [0.05, 0.1) is 12.2 Å². The molecule has 5 nitrogen and oxygen atoms in total. The zero-order valence-electron chi connectivity index (χ0n) is 11.6. The minimum absolute atomic E-state index is 0.113. The van der Waals surface area contributed by atoms with E-state index in [9.17, 15) is 5.11 Å². The summed E-state index contributed by atoms with van der Waals surface area (Å²) in [6.45, 7) is 3.90. The van der Waals surface area contributed by atoms with Crippen molar-refractivity contribution < 1.29 is 5.11 Å². The smallest absolute Gasteiger partial charge is 0.140 e. The molecule has 0 unspecified atom stereocenters. The van der Waals surface area contributed by atoms with Crippen LogP contribution in [0.15, 0.2) is 6.33 Å². The number of rotatable bonds is 3. The number of anilines is 1. The Labute approximate surface area is 124 Å². The zero-order valence-corrected chi connectivity index (χ0v) is 12.4. The van der Waals surface area contributed by atoms with Gasteiger partial charge in [-0.25, -0.2) is 9.97 Å². The molecule has 0 radical (unpaired) electrons.